The summed E-state index contributed by atoms with van der Waals surface area (Å²) in [6, 6.07) is 14.5. The van der Waals surface area contributed by atoms with E-state index >= 15 is 0 Å². The summed E-state index contributed by atoms with van der Waals surface area (Å²) in [6.45, 7) is 3.06. The van der Waals surface area contributed by atoms with Crippen molar-refractivity contribution in [3.8, 4) is 17.0 Å². The van der Waals surface area contributed by atoms with E-state index in [1.807, 2.05) is 30.3 Å². The maximum absolute atomic E-state index is 13.3. The number of H-pyrrole nitrogens is 1. The van der Waals surface area contributed by atoms with E-state index < -0.39 is 5.97 Å². The molecule has 0 aliphatic rings. The van der Waals surface area contributed by atoms with E-state index in [1.165, 1.54) is 6.92 Å². The van der Waals surface area contributed by atoms with Crippen LogP contribution in [0.15, 0.2) is 59.3 Å². The van der Waals surface area contributed by atoms with Crippen LogP contribution in [-0.4, -0.2) is 21.9 Å². The Morgan fingerprint density at radius 2 is 1.89 bits per heavy atom. The molecule has 2 aromatic carbocycles. The van der Waals surface area contributed by atoms with Gasteiger partial charge in [-0.1, -0.05) is 35.5 Å². The van der Waals surface area contributed by atoms with Crippen molar-refractivity contribution in [1.29, 1.82) is 0 Å². The molecule has 4 rings (SSSR count). The number of ether oxygens (including phenoxy) is 1. The normalized spacial score (nSPS) is 10.9. The molecule has 6 heteroatoms. The smallest absolute Gasteiger partial charge is 0.308 e. The number of aromatic nitrogens is 2. The van der Waals surface area contributed by atoms with Gasteiger partial charge in [0.2, 0.25) is 5.78 Å². The third kappa shape index (κ3) is 3.01. The average Bonchev–Trinajstić information content (AvgIpc) is 3.24. The molecule has 0 radical (unpaired) electrons. The lowest BCUT2D eigenvalue weighted by molar-refractivity contribution is -0.131. The number of hydrogen-bond donors (Lipinski definition) is 1. The molecular weight excluding hydrogens is 344 g/mol. The summed E-state index contributed by atoms with van der Waals surface area (Å²) in [6.07, 6.45) is 1.64. The molecule has 134 valence electrons. The van der Waals surface area contributed by atoms with Gasteiger partial charge < -0.3 is 14.2 Å². The van der Waals surface area contributed by atoms with Gasteiger partial charge in [-0.2, -0.15) is 0 Å². The van der Waals surface area contributed by atoms with Gasteiger partial charge in [0.15, 0.2) is 0 Å². The molecule has 1 N–H and O–H groups in total. The van der Waals surface area contributed by atoms with E-state index in [0.29, 0.717) is 33.8 Å². The predicted molar refractivity (Wildman–Crippen MR) is 99.7 cm³/mol. The fourth-order valence-electron chi connectivity index (χ4n) is 3.09. The van der Waals surface area contributed by atoms with Crippen molar-refractivity contribution in [3.63, 3.8) is 0 Å². The number of carbonyl (C=O) groups is 2. The highest BCUT2D eigenvalue weighted by Gasteiger charge is 2.24. The molecule has 0 atom stereocenters. The minimum atomic E-state index is -0.398. The molecule has 4 aromatic rings. The van der Waals surface area contributed by atoms with Crippen LogP contribution in [0.4, 0.5) is 0 Å². The molecule has 0 spiro atoms. The summed E-state index contributed by atoms with van der Waals surface area (Å²) in [7, 11) is 0. The molecule has 27 heavy (non-hydrogen) atoms. The van der Waals surface area contributed by atoms with Crippen molar-refractivity contribution in [2.24, 2.45) is 0 Å². The number of ketones is 1. The van der Waals surface area contributed by atoms with Crippen molar-refractivity contribution in [1.82, 2.24) is 10.1 Å². The second kappa shape index (κ2) is 6.57. The lowest BCUT2D eigenvalue weighted by Crippen LogP contribution is -2.03. The van der Waals surface area contributed by atoms with Crippen LogP contribution >= 0.6 is 0 Å². The number of esters is 1. The van der Waals surface area contributed by atoms with Crippen LogP contribution in [0.3, 0.4) is 0 Å². The van der Waals surface area contributed by atoms with Gasteiger partial charge in [0.1, 0.15) is 17.2 Å². The van der Waals surface area contributed by atoms with Crippen LogP contribution in [-0.2, 0) is 4.79 Å². The highest BCUT2D eigenvalue weighted by atomic mass is 16.5. The first-order valence-corrected chi connectivity index (χ1v) is 8.40. The minimum Gasteiger partial charge on any atom is -0.427 e. The fraction of sp³-hybridized carbons (Fsp3) is 0.0952. The fourth-order valence-corrected chi connectivity index (χ4v) is 3.09. The Labute approximate surface area is 154 Å². The third-order valence-electron chi connectivity index (χ3n) is 4.30. The van der Waals surface area contributed by atoms with Crippen LogP contribution in [0.2, 0.25) is 0 Å². The lowest BCUT2D eigenvalue weighted by atomic mass is 9.98. The highest BCUT2D eigenvalue weighted by molar-refractivity contribution is 6.19. The summed E-state index contributed by atoms with van der Waals surface area (Å²) in [4.78, 5) is 27.4. The molecule has 2 aromatic heterocycles. The Morgan fingerprint density at radius 1 is 1.11 bits per heavy atom. The number of aromatic amines is 1. The maximum Gasteiger partial charge on any atom is 0.308 e. The number of fused-ring (bicyclic) bond motifs is 1. The van der Waals surface area contributed by atoms with E-state index in [-0.39, 0.29) is 5.78 Å². The van der Waals surface area contributed by atoms with Gasteiger partial charge in [0, 0.05) is 41.2 Å². The molecule has 6 nitrogen and oxygen atoms in total. The number of carbonyl (C=O) groups excluding carboxylic acids is 2. The Hall–Kier alpha value is -3.67. The molecule has 0 bridgehead atoms. The van der Waals surface area contributed by atoms with Gasteiger partial charge in [0.05, 0.1) is 5.56 Å². The summed E-state index contributed by atoms with van der Waals surface area (Å²) in [5.74, 6) is 0.301. The van der Waals surface area contributed by atoms with Crippen molar-refractivity contribution in [2.75, 3.05) is 0 Å². The van der Waals surface area contributed by atoms with Crippen LogP contribution in [0.5, 0.6) is 5.75 Å². The van der Waals surface area contributed by atoms with E-state index in [9.17, 15) is 9.59 Å². The van der Waals surface area contributed by atoms with Crippen LogP contribution < -0.4 is 4.74 Å². The predicted octanol–water partition coefficient (Wildman–Crippen LogP) is 4.29. The molecule has 0 fully saturated rings. The standard InChI is InChI=1S/C21H16N2O4/c1-12-19(20(23-27-12)14-6-4-3-5-7-14)21(25)17-11-22-18-10-15(26-13(2)24)8-9-16(17)18/h3-11,22H,1-2H3. The number of benzene rings is 2. The first kappa shape index (κ1) is 16.8. The van der Waals surface area contributed by atoms with Gasteiger partial charge in [0.25, 0.3) is 0 Å². The molecular formula is C21H16N2O4. The molecule has 0 amide bonds. The zero-order valence-corrected chi connectivity index (χ0v) is 14.8. The summed E-state index contributed by atoms with van der Waals surface area (Å²) in [5.41, 5.74) is 2.97. The second-order valence-corrected chi connectivity index (χ2v) is 6.16. The van der Waals surface area contributed by atoms with Crippen LogP contribution in [0.25, 0.3) is 22.2 Å². The molecule has 0 aliphatic carbocycles. The first-order chi connectivity index (χ1) is 13.0. The Morgan fingerprint density at radius 3 is 2.63 bits per heavy atom. The number of hydrogen-bond acceptors (Lipinski definition) is 5. The minimum absolute atomic E-state index is 0.181. The van der Waals surface area contributed by atoms with E-state index in [0.717, 1.165) is 10.9 Å². The van der Waals surface area contributed by atoms with E-state index in [1.54, 1.807) is 31.3 Å². The molecule has 0 saturated heterocycles. The molecule has 0 saturated carbocycles. The number of aryl methyl sites for hydroxylation is 1. The van der Waals surface area contributed by atoms with Crippen LogP contribution in [0.1, 0.15) is 28.6 Å². The quantitative estimate of drug-likeness (QED) is 0.333. The molecule has 0 unspecified atom stereocenters. The summed E-state index contributed by atoms with van der Waals surface area (Å²) >= 11 is 0. The summed E-state index contributed by atoms with van der Waals surface area (Å²) < 4.78 is 10.4. The number of rotatable bonds is 4. The van der Waals surface area contributed by atoms with Crippen molar-refractivity contribution in [2.45, 2.75) is 13.8 Å². The largest absolute Gasteiger partial charge is 0.427 e. The highest BCUT2D eigenvalue weighted by Crippen LogP contribution is 2.30. The topological polar surface area (TPSA) is 85.2 Å². The van der Waals surface area contributed by atoms with E-state index in [4.69, 9.17) is 9.26 Å². The summed E-state index contributed by atoms with van der Waals surface area (Å²) in [5, 5.41) is 4.81. The van der Waals surface area contributed by atoms with E-state index in [2.05, 4.69) is 10.1 Å². The SMILES string of the molecule is CC(=O)Oc1ccc2c(C(=O)c3c(-c4ccccc4)noc3C)c[nH]c2c1. The van der Waals surface area contributed by atoms with Gasteiger partial charge in [-0.05, 0) is 19.1 Å². The second-order valence-electron chi connectivity index (χ2n) is 6.16. The number of nitrogens with zero attached hydrogens (tertiary/aromatic N) is 1. The Kier molecular flexibility index (Phi) is 4.08. The van der Waals surface area contributed by atoms with Crippen LogP contribution in [0, 0.1) is 6.92 Å². The average molecular weight is 360 g/mol. The Bertz CT molecular complexity index is 1160. The first-order valence-electron chi connectivity index (χ1n) is 8.40. The monoisotopic (exact) mass is 360 g/mol. The van der Waals surface area contributed by atoms with Crippen molar-refractivity contribution >= 4 is 22.7 Å². The third-order valence-corrected chi connectivity index (χ3v) is 4.30. The molecule has 0 aliphatic heterocycles. The van der Waals surface area contributed by atoms with Gasteiger partial charge in [-0.25, -0.2) is 0 Å². The lowest BCUT2D eigenvalue weighted by Gasteiger charge is -2.03. The number of nitrogens with one attached hydrogen (secondary N) is 1. The molecule has 2 heterocycles. The van der Waals surface area contributed by atoms with Gasteiger partial charge in [-0.15, -0.1) is 0 Å². The zero-order valence-electron chi connectivity index (χ0n) is 14.8. The Balaban J connectivity index is 1.78. The zero-order chi connectivity index (χ0) is 19.0. The van der Waals surface area contributed by atoms with Gasteiger partial charge >= 0.3 is 5.97 Å². The maximum atomic E-state index is 13.3. The van der Waals surface area contributed by atoms with Gasteiger partial charge in [-0.3, -0.25) is 9.59 Å². The van der Waals surface area contributed by atoms with Crippen molar-refractivity contribution in [3.05, 3.63) is 71.6 Å². The van der Waals surface area contributed by atoms with Crippen molar-refractivity contribution < 1.29 is 18.8 Å².